The average molecular weight is 448 g/mol. The number of hydrogen-bond acceptors (Lipinski definition) is 3. The predicted octanol–water partition coefficient (Wildman–Crippen LogP) is 3.77. The van der Waals surface area contributed by atoms with Crippen LogP contribution in [0.3, 0.4) is 0 Å². The van der Waals surface area contributed by atoms with Crippen LogP contribution in [0.4, 0.5) is 15.8 Å². The number of anilines is 2. The molecule has 0 bridgehead atoms. The Morgan fingerprint density at radius 2 is 1.85 bits per heavy atom. The Hall–Kier alpha value is -3.68. The zero-order valence-electron chi connectivity index (χ0n) is 18.1. The number of carbonyl (C=O) groups is 2. The zero-order valence-corrected chi connectivity index (χ0v) is 18.1. The smallest absolute Gasteiger partial charge is 0.313 e. The number of aromatic amines is 1. The highest BCUT2D eigenvalue weighted by Crippen LogP contribution is 2.44. The Balaban J connectivity index is 1.59. The fraction of sp³-hybridized carbons (Fsp3) is 0.320. The largest absolute Gasteiger partial charge is 0.325 e. The first-order valence-electron chi connectivity index (χ1n) is 11.3. The SMILES string of the molecule is O=C1C(N(C(=O)Cn2cc[nH]c2=O)c2cccc(F)c2)c2ccccc2N1C1CCCCC1. The average Bonchev–Trinajstić information content (AvgIpc) is 3.35. The second kappa shape index (κ2) is 8.69. The molecule has 0 saturated heterocycles. The van der Waals surface area contributed by atoms with Crippen molar-refractivity contribution >= 4 is 23.2 Å². The van der Waals surface area contributed by atoms with Crippen LogP contribution in [0.1, 0.15) is 43.7 Å². The molecule has 3 aromatic rings. The molecule has 1 N–H and O–H groups in total. The third-order valence-electron chi connectivity index (χ3n) is 6.54. The third-order valence-corrected chi connectivity index (χ3v) is 6.54. The number of hydrogen-bond donors (Lipinski definition) is 1. The van der Waals surface area contributed by atoms with Gasteiger partial charge in [0.2, 0.25) is 5.91 Å². The van der Waals surface area contributed by atoms with Crippen molar-refractivity contribution in [3.8, 4) is 0 Å². The summed E-state index contributed by atoms with van der Waals surface area (Å²) in [5, 5.41) is 0. The molecule has 2 aromatic carbocycles. The first-order chi connectivity index (χ1) is 16.0. The van der Waals surface area contributed by atoms with Gasteiger partial charge in [0.25, 0.3) is 5.91 Å². The van der Waals surface area contributed by atoms with Crippen molar-refractivity contribution in [3.63, 3.8) is 0 Å². The van der Waals surface area contributed by atoms with Gasteiger partial charge in [0.05, 0.1) is 0 Å². The van der Waals surface area contributed by atoms with E-state index in [1.807, 2.05) is 29.2 Å². The monoisotopic (exact) mass is 448 g/mol. The quantitative estimate of drug-likeness (QED) is 0.645. The van der Waals surface area contributed by atoms with Gasteiger partial charge in [-0.25, -0.2) is 9.18 Å². The van der Waals surface area contributed by atoms with Crippen LogP contribution in [0, 0.1) is 5.82 Å². The fourth-order valence-electron chi connectivity index (χ4n) is 5.05. The molecule has 1 aliphatic heterocycles. The molecule has 7 nitrogen and oxygen atoms in total. The van der Waals surface area contributed by atoms with Gasteiger partial charge in [-0.1, -0.05) is 43.5 Å². The maximum absolute atomic E-state index is 14.2. The molecule has 1 aliphatic carbocycles. The molecular weight excluding hydrogens is 423 g/mol. The normalized spacial score (nSPS) is 18.4. The molecule has 2 heterocycles. The Bertz CT molecular complexity index is 1240. The lowest BCUT2D eigenvalue weighted by molar-refractivity contribution is -0.125. The minimum Gasteiger partial charge on any atom is -0.313 e. The van der Waals surface area contributed by atoms with Crippen molar-refractivity contribution in [2.75, 3.05) is 9.80 Å². The van der Waals surface area contributed by atoms with Crippen LogP contribution < -0.4 is 15.5 Å². The van der Waals surface area contributed by atoms with Gasteiger partial charge in [0.1, 0.15) is 18.4 Å². The van der Waals surface area contributed by atoms with Crippen LogP contribution in [-0.2, 0) is 16.1 Å². The number of nitrogens with one attached hydrogen (secondary N) is 1. The van der Waals surface area contributed by atoms with E-state index in [4.69, 9.17) is 0 Å². The number of rotatable bonds is 5. The summed E-state index contributed by atoms with van der Waals surface area (Å²) >= 11 is 0. The topological polar surface area (TPSA) is 78.4 Å². The van der Waals surface area contributed by atoms with Gasteiger partial charge >= 0.3 is 5.69 Å². The summed E-state index contributed by atoms with van der Waals surface area (Å²) in [6.07, 6.45) is 8.03. The molecule has 1 unspecified atom stereocenters. The number of H-pyrrole nitrogens is 1. The standard InChI is InChI=1S/C25H25FN4O3/c26-17-7-6-10-19(15-17)30(22(31)16-28-14-13-27-25(28)33)23-20-11-4-5-12-21(20)29(24(23)32)18-8-2-1-3-9-18/h4-7,10-15,18,23H,1-3,8-9,16H2,(H,27,33). The number of para-hydroxylation sites is 1. The van der Waals surface area contributed by atoms with Crippen molar-refractivity contribution in [1.82, 2.24) is 9.55 Å². The van der Waals surface area contributed by atoms with E-state index in [2.05, 4.69) is 4.98 Å². The van der Waals surface area contributed by atoms with E-state index in [0.717, 1.165) is 37.8 Å². The summed E-state index contributed by atoms with van der Waals surface area (Å²) in [5.41, 5.74) is 1.37. The van der Waals surface area contributed by atoms with Gasteiger partial charge in [-0.15, -0.1) is 0 Å². The number of carbonyl (C=O) groups excluding carboxylic acids is 2. The summed E-state index contributed by atoms with van der Waals surface area (Å²) in [6.45, 7) is -0.270. The van der Waals surface area contributed by atoms with Gasteiger partial charge in [-0.05, 0) is 37.1 Å². The Morgan fingerprint density at radius 3 is 2.58 bits per heavy atom. The summed E-state index contributed by atoms with van der Waals surface area (Å²) in [5.74, 6) is -1.17. The van der Waals surface area contributed by atoms with Crippen molar-refractivity contribution in [2.24, 2.45) is 0 Å². The van der Waals surface area contributed by atoms with E-state index in [9.17, 15) is 18.8 Å². The lowest BCUT2D eigenvalue weighted by atomic mass is 9.94. The lowest BCUT2D eigenvalue weighted by Gasteiger charge is -2.33. The molecule has 33 heavy (non-hydrogen) atoms. The highest BCUT2D eigenvalue weighted by molar-refractivity contribution is 6.11. The molecule has 170 valence electrons. The molecule has 2 aliphatic rings. The maximum atomic E-state index is 14.2. The van der Waals surface area contributed by atoms with E-state index in [-0.39, 0.29) is 24.2 Å². The molecular formula is C25H25FN4O3. The summed E-state index contributed by atoms with van der Waals surface area (Å²) in [6, 6.07) is 12.3. The number of amides is 2. The molecule has 5 rings (SSSR count). The third kappa shape index (κ3) is 3.86. The highest BCUT2D eigenvalue weighted by Gasteiger charge is 2.45. The van der Waals surface area contributed by atoms with Gasteiger partial charge in [0.15, 0.2) is 0 Å². The van der Waals surface area contributed by atoms with Crippen molar-refractivity contribution in [2.45, 2.75) is 50.7 Å². The second-order valence-electron chi connectivity index (χ2n) is 8.60. The Kier molecular flexibility index (Phi) is 5.58. The Morgan fingerprint density at radius 1 is 1.06 bits per heavy atom. The van der Waals surface area contributed by atoms with E-state index in [0.29, 0.717) is 5.56 Å². The van der Waals surface area contributed by atoms with Crippen molar-refractivity contribution < 1.29 is 14.0 Å². The van der Waals surface area contributed by atoms with E-state index >= 15 is 0 Å². The number of fused-ring (bicyclic) bond motifs is 1. The number of nitrogens with zero attached hydrogens (tertiary/aromatic N) is 3. The fourth-order valence-corrected chi connectivity index (χ4v) is 5.05. The first-order valence-corrected chi connectivity index (χ1v) is 11.3. The van der Waals surface area contributed by atoms with E-state index in [1.165, 1.54) is 40.1 Å². The maximum Gasteiger partial charge on any atom is 0.325 e. The summed E-state index contributed by atoms with van der Waals surface area (Å²) < 4.78 is 15.4. The molecule has 0 spiro atoms. The van der Waals surface area contributed by atoms with E-state index in [1.54, 1.807) is 6.07 Å². The van der Waals surface area contributed by atoms with Gasteiger partial charge < -0.3 is 9.88 Å². The Labute approximate surface area is 190 Å². The lowest BCUT2D eigenvalue weighted by Crippen LogP contribution is -2.46. The molecule has 1 aromatic heterocycles. The second-order valence-corrected chi connectivity index (χ2v) is 8.60. The highest BCUT2D eigenvalue weighted by atomic mass is 19.1. The van der Waals surface area contributed by atoms with Crippen LogP contribution in [0.5, 0.6) is 0 Å². The minimum absolute atomic E-state index is 0.0779. The van der Waals surface area contributed by atoms with Gasteiger partial charge in [0, 0.05) is 35.4 Å². The van der Waals surface area contributed by atoms with E-state index < -0.39 is 23.5 Å². The van der Waals surface area contributed by atoms with Crippen molar-refractivity contribution in [3.05, 3.63) is 82.8 Å². The van der Waals surface area contributed by atoms with Crippen LogP contribution in [0.25, 0.3) is 0 Å². The van der Waals surface area contributed by atoms with Crippen LogP contribution in [0.15, 0.2) is 65.7 Å². The van der Waals surface area contributed by atoms with Crippen LogP contribution >= 0.6 is 0 Å². The van der Waals surface area contributed by atoms with Crippen LogP contribution in [-0.4, -0.2) is 27.4 Å². The number of halogens is 1. The molecule has 1 fully saturated rings. The number of benzene rings is 2. The number of imidazole rings is 1. The predicted molar refractivity (Wildman–Crippen MR) is 122 cm³/mol. The minimum atomic E-state index is -0.924. The molecule has 1 atom stereocenters. The number of aromatic nitrogens is 2. The molecule has 0 radical (unpaired) electrons. The van der Waals surface area contributed by atoms with Gasteiger partial charge in [-0.3, -0.25) is 19.1 Å². The first kappa shape index (κ1) is 21.2. The van der Waals surface area contributed by atoms with Crippen LogP contribution in [0.2, 0.25) is 0 Å². The molecule has 8 heteroatoms. The van der Waals surface area contributed by atoms with Crippen molar-refractivity contribution in [1.29, 1.82) is 0 Å². The summed E-state index contributed by atoms with van der Waals surface area (Å²) in [7, 11) is 0. The zero-order chi connectivity index (χ0) is 22.9. The summed E-state index contributed by atoms with van der Waals surface area (Å²) in [4.78, 5) is 45.2. The van der Waals surface area contributed by atoms with Gasteiger partial charge in [-0.2, -0.15) is 0 Å². The molecule has 2 amide bonds. The molecule has 1 saturated carbocycles.